The first kappa shape index (κ1) is 9.65. The van der Waals surface area contributed by atoms with Crippen molar-refractivity contribution in [3.8, 4) is 0 Å². The van der Waals surface area contributed by atoms with Crippen LogP contribution in [0.2, 0.25) is 0 Å². The summed E-state index contributed by atoms with van der Waals surface area (Å²) in [7, 11) is 0. The molecule has 1 aromatic heterocycles. The Morgan fingerprint density at radius 3 is 2.69 bits per heavy atom. The number of carboxylic acid groups (broad SMARTS) is 1. The zero-order chi connectivity index (χ0) is 11.1. The molecule has 2 saturated heterocycles. The molecule has 0 saturated carbocycles. The van der Waals surface area contributed by atoms with E-state index in [0.29, 0.717) is 6.01 Å². The Balaban J connectivity index is 1.79. The number of ether oxygens (including phenoxy) is 1. The van der Waals surface area contributed by atoms with E-state index in [1.165, 1.54) is 6.26 Å². The molecule has 1 aromatic rings. The molecule has 3 heterocycles. The Kier molecular flexibility index (Phi) is 2.10. The van der Waals surface area contributed by atoms with Gasteiger partial charge in [0.05, 0.1) is 12.2 Å². The highest BCUT2D eigenvalue weighted by Gasteiger charge is 2.35. The van der Waals surface area contributed by atoms with Gasteiger partial charge < -0.3 is 19.2 Å². The number of aromatic carboxylic acids is 1. The smallest absolute Gasteiger partial charge is 0.357 e. The summed E-state index contributed by atoms with van der Waals surface area (Å²) in [6.07, 6.45) is 3.77. The van der Waals surface area contributed by atoms with Crippen LogP contribution in [0.3, 0.4) is 0 Å². The van der Waals surface area contributed by atoms with Gasteiger partial charge in [-0.15, -0.1) is 0 Å². The molecule has 6 nitrogen and oxygen atoms in total. The number of rotatable bonds is 2. The SMILES string of the molecule is O=C(O)c1coc(N2CC3CCC(C2)O3)n1. The fraction of sp³-hybridized carbons (Fsp3) is 0.600. The number of anilines is 1. The highest BCUT2D eigenvalue weighted by molar-refractivity contribution is 5.85. The number of morpholine rings is 1. The van der Waals surface area contributed by atoms with Crippen LogP contribution in [0.5, 0.6) is 0 Å². The monoisotopic (exact) mass is 224 g/mol. The van der Waals surface area contributed by atoms with Gasteiger partial charge in [-0.05, 0) is 12.8 Å². The number of fused-ring (bicyclic) bond motifs is 2. The molecular formula is C10H12N2O4. The Morgan fingerprint density at radius 2 is 2.12 bits per heavy atom. The molecule has 1 N–H and O–H groups in total. The summed E-state index contributed by atoms with van der Waals surface area (Å²) in [6.45, 7) is 1.46. The van der Waals surface area contributed by atoms with Gasteiger partial charge in [0.1, 0.15) is 6.26 Å². The lowest BCUT2D eigenvalue weighted by molar-refractivity contribution is 0.0288. The summed E-state index contributed by atoms with van der Waals surface area (Å²) in [6, 6.07) is 0.387. The highest BCUT2D eigenvalue weighted by atomic mass is 16.5. The standard InChI is InChI=1S/C10H12N2O4/c13-9(14)8-5-15-10(11-8)12-3-6-1-2-7(4-12)16-6/h5-7H,1-4H2,(H,13,14). The molecule has 16 heavy (non-hydrogen) atoms. The van der Waals surface area contributed by atoms with Crippen LogP contribution in [0, 0.1) is 0 Å². The van der Waals surface area contributed by atoms with Crippen LogP contribution in [-0.2, 0) is 4.74 Å². The first-order valence-corrected chi connectivity index (χ1v) is 5.31. The molecule has 2 bridgehead atoms. The van der Waals surface area contributed by atoms with Gasteiger partial charge in [-0.1, -0.05) is 0 Å². The molecule has 0 radical (unpaired) electrons. The summed E-state index contributed by atoms with van der Waals surface area (Å²) < 4.78 is 10.8. The quantitative estimate of drug-likeness (QED) is 0.798. The van der Waals surface area contributed by atoms with Crippen molar-refractivity contribution in [2.24, 2.45) is 0 Å². The van der Waals surface area contributed by atoms with Crippen LogP contribution < -0.4 is 4.90 Å². The maximum absolute atomic E-state index is 10.7. The van der Waals surface area contributed by atoms with Gasteiger partial charge in [0, 0.05) is 13.1 Å². The molecule has 2 unspecified atom stereocenters. The fourth-order valence-electron chi connectivity index (χ4n) is 2.28. The molecular weight excluding hydrogens is 212 g/mol. The first-order chi connectivity index (χ1) is 7.72. The third-order valence-electron chi connectivity index (χ3n) is 3.03. The topological polar surface area (TPSA) is 75.8 Å². The maximum atomic E-state index is 10.7. The van der Waals surface area contributed by atoms with Crippen molar-refractivity contribution in [3.63, 3.8) is 0 Å². The summed E-state index contributed by atoms with van der Waals surface area (Å²) >= 11 is 0. The van der Waals surface area contributed by atoms with E-state index < -0.39 is 5.97 Å². The number of hydrogen-bond donors (Lipinski definition) is 1. The number of oxazole rings is 1. The average Bonchev–Trinajstić information content (AvgIpc) is 2.85. The van der Waals surface area contributed by atoms with Crippen molar-refractivity contribution in [3.05, 3.63) is 12.0 Å². The summed E-state index contributed by atoms with van der Waals surface area (Å²) in [5.74, 6) is -1.06. The average molecular weight is 224 g/mol. The molecule has 0 spiro atoms. The largest absolute Gasteiger partial charge is 0.476 e. The van der Waals surface area contributed by atoms with Crippen LogP contribution in [0.25, 0.3) is 0 Å². The zero-order valence-electron chi connectivity index (χ0n) is 8.63. The molecule has 2 fully saturated rings. The van der Waals surface area contributed by atoms with E-state index >= 15 is 0 Å². The fourth-order valence-corrected chi connectivity index (χ4v) is 2.28. The van der Waals surface area contributed by atoms with Crippen molar-refractivity contribution < 1.29 is 19.1 Å². The Labute approximate surface area is 91.8 Å². The van der Waals surface area contributed by atoms with Crippen molar-refractivity contribution >= 4 is 12.0 Å². The minimum absolute atomic E-state index is 0.0474. The molecule has 3 rings (SSSR count). The van der Waals surface area contributed by atoms with Crippen molar-refractivity contribution in [1.29, 1.82) is 0 Å². The Hall–Kier alpha value is -1.56. The lowest BCUT2D eigenvalue weighted by Crippen LogP contribution is -2.42. The van der Waals surface area contributed by atoms with Gasteiger partial charge in [-0.2, -0.15) is 4.98 Å². The number of carbonyl (C=O) groups is 1. The number of aromatic nitrogens is 1. The van der Waals surface area contributed by atoms with E-state index in [0.717, 1.165) is 25.9 Å². The molecule has 6 heteroatoms. The third kappa shape index (κ3) is 1.55. The second kappa shape index (κ2) is 3.48. The van der Waals surface area contributed by atoms with E-state index in [4.69, 9.17) is 14.3 Å². The first-order valence-electron chi connectivity index (χ1n) is 5.31. The molecule has 2 aliphatic heterocycles. The highest BCUT2D eigenvalue weighted by Crippen LogP contribution is 2.29. The van der Waals surface area contributed by atoms with Gasteiger partial charge in [-0.25, -0.2) is 4.79 Å². The number of hydrogen-bond acceptors (Lipinski definition) is 5. The lowest BCUT2D eigenvalue weighted by Gasteiger charge is -2.30. The van der Waals surface area contributed by atoms with E-state index in [2.05, 4.69) is 4.98 Å². The van der Waals surface area contributed by atoms with Crippen molar-refractivity contribution in [2.45, 2.75) is 25.0 Å². The van der Waals surface area contributed by atoms with Crippen LogP contribution in [0.15, 0.2) is 10.7 Å². The van der Waals surface area contributed by atoms with Crippen LogP contribution in [0.4, 0.5) is 6.01 Å². The molecule has 0 aromatic carbocycles. The second-order valence-electron chi connectivity index (χ2n) is 4.18. The molecule has 2 atom stereocenters. The summed E-state index contributed by atoms with van der Waals surface area (Å²) in [4.78, 5) is 16.6. The minimum Gasteiger partial charge on any atom is -0.476 e. The summed E-state index contributed by atoms with van der Waals surface area (Å²) in [5, 5.41) is 8.75. The van der Waals surface area contributed by atoms with Crippen molar-refractivity contribution in [2.75, 3.05) is 18.0 Å². The summed E-state index contributed by atoms with van der Waals surface area (Å²) in [5.41, 5.74) is -0.0474. The van der Waals surface area contributed by atoms with Gasteiger partial charge in [0.15, 0.2) is 5.69 Å². The normalized spacial score (nSPS) is 28.4. The lowest BCUT2D eigenvalue weighted by atomic mass is 10.2. The van der Waals surface area contributed by atoms with E-state index in [1.807, 2.05) is 4.90 Å². The second-order valence-corrected chi connectivity index (χ2v) is 4.18. The zero-order valence-corrected chi connectivity index (χ0v) is 8.63. The van der Waals surface area contributed by atoms with Crippen LogP contribution in [0.1, 0.15) is 23.3 Å². The van der Waals surface area contributed by atoms with E-state index in [-0.39, 0.29) is 17.9 Å². The van der Waals surface area contributed by atoms with Gasteiger partial charge in [-0.3, -0.25) is 0 Å². The molecule has 86 valence electrons. The number of nitrogens with zero attached hydrogens (tertiary/aromatic N) is 2. The number of carboxylic acids is 1. The maximum Gasteiger partial charge on any atom is 0.357 e. The van der Waals surface area contributed by atoms with E-state index in [1.54, 1.807) is 0 Å². The van der Waals surface area contributed by atoms with Gasteiger partial charge in [0.25, 0.3) is 6.01 Å². The third-order valence-corrected chi connectivity index (χ3v) is 3.03. The molecule has 2 aliphatic rings. The predicted octanol–water partition coefficient (Wildman–Crippen LogP) is 0.740. The molecule has 0 aliphatic carbocycles. The van der Waals surface area contributed by atoms with Gasteiger partial charge >= 0.3 is 5.97 Å². The minimum atomic E-state index is -1.06. The van der Waals surface area contributed by atoms with Gasteiger partial charge in [0.2, 0.25) is 0 Å². The Bertz CT molecular complexity index is 405. The van der Waals surface area contributed by atoms with Crippen LogP contribution in [-0.4, -0.2) is 41.4 Å². The predicted molar refractivity (Wildman–Crippen MR) is 53.6 cm³/mol. The van der Waals surface area contributed by atoms with Crippen LogP contribution >= 0.6 is 0 Å². The van der Waals surface area contributed by atoms with E-state index in [9.17, 15) is 4.79 Å². The Morgan fingerprint density at radius 1 is 1.44 bits per heavy atom. The van der Waals surface area contributed by atoms with Crippen molar-refractivity contribution in [1.82, 2.24) is 4.98 Å². The molecule has 0 amide bonds.